The van der Waals surface area contributed by atoms with E-state index in [2.05, 4.69) is 0 Å². The molecule has 0 fully saturated rings. The van der Waals surface area contributed by atoms with Crippen molar-refractivity contribution in [1.29, 1.82) is 0 Å². The topological polar surface area (TPSA) is 35.2 Å². The molecule has 68 valence electrons. The van der Waals surface area contributed by atoms with Gasteiger partial charge in [0.2, 0.25) is 0 Å². The average Bonchev–Trinajstić information content (AvgIpc) is 2.02. The van der Waals surface area contributed by atoms with E-state index in [4.69, 9.17) is 10.5 Å². The zero-order chi connectivity index (χ0) is 9.47. The monoisotopic (exact) mass is 175 g/mol. The Morgan fingerprint density at radius 3 is 2.69 bits per heavy atom. The van der Waals surface area contributed by atoms with Crippen LogP contribution < -0.4 is 10.5 Å². The average molecular weight is 175 g/mol. The van der Waals surface area contributed by atoms with Gasteiger partial charge in [0.15, 0.2) is 0 Å². The Bertz CT molecular complexity index is 366. The summed E-state index contributed by atoms with van der Waals surface area (Å²) in [5, 5.41) is 0. The fourth-order valence-electron chi connectivity index (χ4n) is 1.56. The number of benzene rings is 1. The van der Waals surface area contributed by atoms with Crippen LogP contribution >= 0.6 is 0 Å². The summed E-state index contributed by atoms with van der Waals surface area (Å²) >= 11 is 0. The molecule has 1 aromatic rings. The highest BCUT2D eigenvalue weighted by molar-refractivity contribution is 5.70. The van der Waals surface area contributed by atoms with Crippen LogP contribution in [0.2, 0.25) is 0 Å². The Morgan fingerprint density at radius 2 is 1.92 bits per heavy atom. The van der Waals surface area contributed by atoms with E-state index in [0.717, 1.165) is 17.0 Å². The Hall–Kier alpha value is -1.44. The molecule has 0 spiro atoms. The molecule has 1 aromatic carbocycles. The lowest BCUT2D eigenvalue weighted by molar-refractivity contribution is 0.158. The normalized spacial score (nSPS) is 18.5. The second-order valence-corrected chi connectivity index (χ2v) is 3.80. The van der Waals surface area contributed by atoms with Crippen LogP contribution in [0.1, 0.15) is 19.4 Å². The van der Waals surface area contributed by atoms with Crippen molar-refractivity contribution in [2.24, 2.45) is 5.73 Å². The Morgan fingerprint density at radius 1 is 1.23 bits per heavy atom. The maximum Gasteiger partial charge on any atom is 0.129 e. The lowest BCUT2D eigenvalue weighted by Crippen LogP contribution is -2.30. The number of nitrogens with two attached hydrogens (primary N) is 1. The highest BCUT2D eigenvalue weighted by atomic mass is 16.5. The van der Waals surface area contributed by atoms with Crippen molar-refractivity contribution in [3.05, 3.63) is 35.9 Å². The van der Waals surface area contributed by atoms with Crippen LogP contribution in [-0.4, -0.2) is 5.60 Å². The smallest absolute Gasteiger partial charge is 0.129 e. The van der Waals surface area contributed by atoms with E-state index in [0.29, 0.717) is 0 Å². The van der Waals surface area contributed by atoms with Gasteiger partial charge in [-0.25, -0.2) is 0 Å². The summed E-state index contributed by atoms with van der Waals surface area (Å²) in [7, 11) is 0. The van der Waals surface area contributed by atoms with Crippen molar-refractivity contribution < 1.29 is 4.74 Å². The third-order valence-corrected chi connectivity index (χ3v) is 2.07. The largest absolute Gasteiger partial charge is 0.483 e. The number of fused-ring (bicyclic) bond motifs is 1. The second kappa shape index (κ2) is 2.52. The minimum Gasteiger partial charge on any atom is -0.483 e. The molecule has 2 rings (SSSR count). The van der Waals surface area contributed by atoms with E-state index in [1.807, 2.05) is 44.2 Å². The van der Waals surface area contributed by atoms with Crippen molar-refractivity contribution in [1.82, 2.24) is 0 Å². The lowest BCUT2D eigenvalue weighted by Gasteiger charge is -2.29. The molecule has 0 amide bonds. The van der Waals surface area contributed by atoms with E-state index >= 15 is 0 Å². The number of ether oxygens (including phenoxy) is 1. The predicted octanol–water partition coefficient (Wildman–Crippen LogP) is 2.16. The second-order valence-electron chi connectivity index (χ2n) is 3.80. The standard InChI is InChI=1S/C11H13NO/c1-11(2)7-9(12)8-5-3-4-6-10(8)13-11/h3-7H,12H2,1-2H3. The minimum absolute atomic E-state index is 0.293. The lowest BCUT2D eigenvalue weighted by atomic mass is 10.00. The molecule has 2 nitrogen and oxygen atoms in total. The molecule has 1 aliphatic heterocycles. The molecule has 2 heteroatoms. The fraction of sp³-hybridized carbons (Fsp3) is 0.273. The first-order valence-corrected chi connectivity index (χ1v) is 4.35. The molecule has 1 heterocycles. The van der Waals surface area contributed by atoms with Crippen molar-refractivity contribution in [3.63, 3.8) is 0 Å². The first-order valence-electron chi connectivity index (χ1n) is 4.35. The molecular weight excluding hydrogens is 162 g/mol. The molecule has 0 aromatic heterocycles. The third-order valence-electron chi connectivity index (χ3n) is 2.07. The molecule has 13 heavy (non-hydrogen) atoms. The Labute approximate surface area is 78.0 Å². The van der Waals surface area contributed by atoms with Crippen molar-refractivity contribution in [2.75, 3.05) is 0 Å². The van der Waals surface area contributed by atoms with Gasteiger partial charge in [0.1, 0.15) is 11.4 Å². The molecule has 2 N–H and O–H groups in total. The van der Waals surface area contributed by atoms with Crippen LogP contribution in [0.25, 0.3) is 5.70 Å². The van der Waals surface area contributed by atoms with Crippen LogP contribution in [-0.2, 0) is 0 Å². The SMILES string of the molecule is CC1(C)C=C(N)c2ccccc2O1. The van der Waals surface area contributed by atoms with Crippen molar-refractivity contribution in [3.8, 4) is 5.75 Å². The predicted molar refractivity (Wildman–Crippen MR) is 53.3 cm³/mol. The van der Waals surface area contributed by atoms with Gasteiger partial charge in [-0.2, -0.15) is 0 Å². The minimum atomic E-state index is -0.293. The van der Waals surface area contributed by atoms with Gasteiger partial charge in [-0.3, -0.25) is 0 Å². The van der Waals surface area contributed by atoms with Gasteiger partial charge in [-0.15, -0.1) is 0 Å². The first-order chi connectivity index (χ1) is 6.08. The number of hydrogen-bond donors (Lipinski definition) is 1. The van der Waals surface area contributed by atoms with Gasteiger partial charge in [0.25, 0.3) is 0 Å². The van der Waals surface area contributed by atoms with Crippen LogP contribution in [0.5, 0.6) is 5.75 Å². The molecule has 0 aliphatic carbocycles. The van der Waals surface area contributed by atoms with Crippen molar-refractivity contribution >= 4 is 5.70 Å². The molecule has 0 atom stereocenters. The van der Waals surface area contributed by atoms with Gasteiger partial charge in [-0.05, 0) is 32.1 Å². The summed E-state index contributed by atoms with van der Waals surface area (Å²) in [4.78, 5) is 0. The summed E-state index contributed by atoms with van der Waals surface area (Å²) in [6.07, 6.45) is 1.94. The third kappa shape index (κ3) is 1.39. The molecule has 1 aliphatic rings. The summed E-state index contributed by atoms with van der Waals surface area (Å²) in [5.74, 6) is 0.868. The van der Waals surface area contributed by atoms with E-state index < -0.39 is 0 Å². The van der Waals surface area contributed by atoms with Crippen LogP contribution in [0.3, 0.4) is 0 Å². The maximum absolute atomic E-state index is 5.90. The molecule has 0 saturated heterocycles. The van der Waals surface area contributed by atoms with Gasteiger partial charge >= 0.3 is 0 Å². The summed E-state index contributed by atoms with van der Waals surface area (Å²) in [6.45, 7) is 3.99. The van der Waals surface area contributed by atoms with Crippen molar-refractivity contribution in [2.45, 2.75) is 19.4 Å². The molecule has 0 radical (unpaired) electrons. The summed E-state index contributed by atoms with van der Waals surface area (Å²) in [5.41, 5.74) is 7.40. The van der Waals surface area contributed by atoms with Crippen LogP contribution in [0, 0.1) is 0 Å². The van der Waals surface area contributed by atoms with E-state index in [9.17, 15) is 0 Å². The molecule has 0 bridgehead atoms. The number of hydrogen-bond acceptors (Lipinski definition) is 2. The highest BCUT2D eigenvalue weighted by Crippen LogP contribution is 2.32. The van der Waals surface area contributed by atoms with E-state index in [-0.39, 0.29) is 5.60 Å². The van der Waals surface area contributed by atoms with Gasteiger partial charge in [0, 0.05) is 11.3 Å². The maximum atomic E-state index is 5.90. The zero-order valence-electron chi connectivity index (χ0n) is 7.87. The zero-order valence-corrected chi connectivity index (χ0v) is 7.87. The van der Waals surface area contributed by atoms with Gasteiger partial charge in [0.05, 0.1) is 0 Å². The van der Waals surface area contributed by atoms with E-state index in [1.165, 1.54) is 0 Å². The summed E-state index contributed by atoms with van der Waals surface area (Å²) in [6, 6.07) is 7.82. The quantitative estimate of drug-likeness (QED) is 0.655. The Kier molecular flexibility index (Phi) is 1.59. The van der Waals surface area contributed by atoms with Gasteiger partial charge in [-0.1, -0.05) is 12.1 Å². The Balaban J connectivity index is 2.55. The van der Waals surface area contributed by atoms with Crippen LogP contribution in [0.15, 0.2) is 30.3 Å². The number of rotatable bonds is 0. The summed E-state index contributed by atoms with van der Waals surface area (Å²) < 4.78 is 5.73. The molecule has 0 saturated carbocycles. The molecule has 0 unspecified atom stereocenters. The number of para-hydroxylation sites is 1. The fourth-order valence-corrected chi connectivity index (χ4v) is 1.56. The van der Waals surface area contributed by atoms with E-state index in [1.54, 1.807) is 0 Å². The van der Waals surface area contributed by atoms with Gasteiger partial charge < -0.3 is 10.5 Å². The van der Waals surface area contributed by atoms with Crippen LogP contribution in [0.4, 0.5) is 0 Å². The first kappa shape index (κ1) is 8.17. The molecular formula is C11H13NO. The highest BCUT2D eigenvalue weighted by Gasteiger charge is 2.24.